The summed E-state index contributed by atoms with van der Waals surface area (Å²) in [6.07, 6.45) is 14.3. The van der Waals surface area contributed by atoms with Gasteiger partial charge in [0.15, 0.2) is 0 Å². The van der Waals surface area contributed by atoms with E-state index in [1.54, 1.807) is 17.0 Å². The lowest BCUT2D eigenvalue weighted by Gasteiger charge is -2.57. The van der Waals surface area contributed by atoms with Gasteiger partial charge < -0.3 is 10.2 Å². The molecule has 5 aliphatic rings. The van der Waals surface area contributed by atoms with Crippen LogP contribution in [0.15, 0.2) is 78.9 Å². The summed E-state index contributed by atoms with van der Waals surface area (Å²) in [4.78, 5) is 30.4. The number of halogens is 1. The van der Waals surface area contributed by atoms with Crippen LogP contribution in [-0.2, 0) is 38.0 Å². The minimum absolute atomic E-state index is 0.0534. The number of benzene rings is 3. The Morgan fingerprint density at radius 2 is 1.46 bits per heavy atom. The molecule has 0 aliphatic heterocycles. The van der Waals surface area contributed by atoms with E-state index in [9.17, 15) is 18.0 Å². The van der Waals surface area contributed by atoms with E-state index in [0.717, 1.165) is 67.2 Å². The molecule has 0 unspecified atom stereocenters. The lowest BCUT2D eigenvalue weighted by Crippen LogP contribution is -2.55. The predicted molar refractivity (Wildman–Crippen MR) is 199 cm³/mol. The fraction of sp³-hybridized carbons (Fsp3) is 0.512. The van der Waals surface area contributed by atoms with Crippen molar-refractivity contribution in [2.45, 2.75) is 101 Å². The van der Waals surface area contributed by atoms with Crippen LogP contribution < -0.4 is 9.62 Å². The van der Waals surface area contributed by atoms with Gasteiger partial charge in [-0.25, -0.2) is 8.42 Å². The number of rotatable bonds is 12. The van der Waals surface area contributed by atoms with Crippen LogP contribution >= 0.6 is 11.6 Å². The summed E-state index contributed by atoms with van der Waals surface area (Å²) in [5.74, 6) is 1.74. The minimum atomic E-state index is -3.85. The second-order valence-corrected chi connectivity index (χ2v) is 18.1. The Kier molecular flexibility index (Phi) is 10.3. The Morgan fingerprint density at radius 1 is 0.840 bits per heavy atom. The zero-order valence-electron chi connectivity index (χ0n) is 29.1. The van der Waals surface area contributed by atoms with Crippen LogP contribution in [0.4, 0.5) is 5.69 Å². The van der Waals surface area contributed by atoms with Crippen LogP contribution in [0.25, 0.3) is 0 Å². The van der Waals surface area contributed by atoms with E-state index in [2.05, 4.69) is 17.4 Å². The molecule has 5 saturated carbocycles. The predicted octanol–water partition coefficient (Wildman–Crippen LogP) is 7.66. The van der Waals surface area contributed by atoms with Gasteiger partial charge >= 0.3 is 0 Å². The molecule has 5 fully saturated rings. The quantitative estimate of drug-likeness (QED) is 0.209. The van der Waals surface area contributed by atoms with Crippen LogP contribution in [0.2, 0.25) is 5.02 Å². The topological polar surface area (TPSA) is 86.8 Å². The van der Waals surface area contributed by atoms with Crippen LogP contribution in [-0.4, -0.2) is 50.0 Å². The molecule has 8 rings (SSSR count). The number of carbonyl (C=O) groups is 2. The number of hydrogen-bond donors (Lipinski definition) is 1. The number of nitrogens with one attached hydrogen (secondary N) is 1. The van der Waals surface area contributed by atoms with Gasteiger partial charge in [-0.2, -0.15) is 0 Å². The summed E-state index contributed by atoms with van der Waals surface area (Å²) in [6.45, 7) is -0.310. The molecule has 0 heterocycles. The van der Waals surface area contributed by atoms with E-state index < -0.39 is 28.5 Å². The van der Waals surface area contributed by atoms with Crippen molar-refractivity contribution in [1.29, 1.82) is 0 Å². The van der Waals surface area contributed by atoms with Crippen molar-refractivity contribution in [3.8, 4) is 0 Å². The zero-order valence-corrected chi connectivity index (χ0v) is 30.7. The fourth-order valence-corrected chi connectivity index (χ4v) is 11.1. The van der Waals surface area contributed by atoms with E-state index in [1.165, 1.54) is 48.4 Å². The summed E-state index contributed by atoms with van der Waals surface area (Å²) in [5, 5.41) is 3.78. The molecule has 1 N–H and O–H groups in total. The Morgan fingerprint density at radius 3 is 2.06 bits per heavy atom. The van der Waals surface area contributed by atoms with Crippen LogP contribution in [0.3, 0.4) is 0 Å². The molecule has 5 aliphatic carbocycles. The Balaban J connectivity index is 1.18. The molecule has 0 aromatic heterocycles. The number of carbonyl (C=O) groups excluding carboxylic acids is 2. The first-order chi connectivity index (χ1) is 24.0. The van der Waals surface area contributed by atoms with Gasteiger partial charge in [-0.1, -0.05) is 85.5 Å². The Bertz CT molecular complexity index is 1740. The first kappa shape index (κ1) is 35.1. The largest absolute Gasteiger partial charge is 0.352 e. The monoisotopic (exact) mass is 715 g/mol. The van der Waals surface area contributed by atoms with Crippen LogP contribution in [0, 0.1) is 17.8 Å². The third-order valence-corrected chi connectivity index (χ3v) is 13.3. The molecule has 0 saturated heterocycles. The van der Waals surface area contributed by atoms with Gasteiger partial charge in [0.05, 0.1) is 11.9 Å². The highest BCUT2D eigenvalue weighted by Crippen LogP contribution is 2.60. The molecule has 50 heavy (non-hydrogen) atoms. The Hall–Kier alpha value is -3.36. The first-order valence-corrected chi connectivity index (χ1v) is 20.7. The van der Waals surface area contributed by atoms with Gasteiger partial charge in [0, 0.05) is 24.0 Å². The van der Waals surface area contributed by atoms with E-state index in [4.69, 9.17) is 11.6 Å². The molecule has 3 aromatic rings. The third-order valence-electron chi connectivity index (χ3n) is 11.9. The van der Waals surface area contributed by atoms with Crippen molar-refractivity contribution in [2.75, 3.05) is 17.1 Å². The molecule has 9 heteroatoms. The van der Waals surface area contributed by atoms with Crippen molar-refractivity contribution in [1.82, 2.24) is 10.2 Å². The summed E-state index contributed by atoms with van der Waals surface area (Å²) in [5.41, 5.74) is 3.62. The molecule has 266 valence electrons. The molecule has 3 aromatic carbocycles. The first-order valence-electron chi connectivity index (χ1n) is 18.5. The van der Waals surface area contributed by atoms with Crippen molar-refractivity contribution in [3.63, 3.8) is 0 Å². The van der Waals surface area contributed by atoms with E-state index in [0.29, 0.717) is 17.1 Å². The second-order valence-electron chi connectivity index (χ2n) is 15.7. The summed E-state index contributed by atoms with van der Waals surface area (Å²) in [6, 6.07) is 24.1. The highest BCUT2D eigenvalue weighted by Gasteiger charge is 2.51. The molecule has 2 amide bonds. The van der Waals surface area contributed by atoms with Crippen molar-refractivity contribution in [3.05, 3.63) is 101 Å². The highest BCUT2D eigenvalue weighted by atomic mass is 35.5. The smallest absolute Gasteiger partial charge is 0.244 e. The molecule has 0 radical (unpaired) electrons. The summed E-state index contributed by atoms with van der Waals surface area (Å²) >= 11 is 6.37. The van der Waals surface area contributed by atoms with E-state index in [1.807, 2.05) is 54.6 Å². The summed E-state index contributed by atoms with van der Waals surface area (Å²) < 4.78 is 28.0. The average molecular weight is 716 g/mol. The molecule has 7 nitrogen and oxygen atoms in total. The Labute approximate surface area is 302 Å². The number of amides is 2. The zero-order chi connectivity index (χ0) is 34.9. The van der Waals surface area contributed by atoms with Gasteiger partial charge in [0.2, 0.25) is 21.8 Å². The van der Waals surface area contributed by atoms with Crippen molar-refractivity contribution in [2.24, 2.45) is 17.8 Å². The lowest BCUT2D eigenvalue weighted by molar-refractivity contribution is -0.140. The minimum Gasteiger partial charge on any atom is -0.352 e. The maximum absolute atomic E-state index is 14.6. The van der Waals surface area contributed by atoms with Gasteiger partial charge in [0.25, 0.3) is 0 Å². The van der Waals surface area contributed by atoms with Gasteiger partial charge in [-0.15, -0.1) is 0 Å². The normalized spacial score (nSPS) is 25.2. The molecular formula is C41H50ClN3O4S. The van der Waals surface area contributed by atoms with E-state index >= 15 is 0 Å². The number of hydrogen-bond acceptors (Lipinski definition) is 4. The van der Waals surface area contributed by atoms with Gasteiger partial charge in [-0.3, -0.25) is 13.9 Å². The number of nitrogens with zero attached hydrogens (tertiary/aromatic N) is 2. The number of anilines is 1. The lowest BCUT2D eigenvalue weighted by atomic mass is 9.48. The standard InChI is InChI=1S/C41H50ClN3O4S/c1-50(48,49)45(37-17-15-34(16-18-37)41-24-31-19-32(25-41)21-33(20-31)26-41)28-39(46)44(27-30-11-8-12-35(42)22-30)38(23-29-9-4-2-5-10-29)40(47)43-36-13-6-3-7-14-36/h2,4-5,8-12,15-18,22,31-33,36,38H,3,6-7,13-14,19-21,23-28H2,1H3,(H,43,47)/t31?,32?,33?,38-,41?/m0/s1. The second kappa shape index (κ2) is 14.7. The van der Waals surface area contributed by atoms with Crippen molar-refractivity contribution < 1.29 is 18.0 Å². The SMILES string of the molecule is CS(=O)(=O)N(CC(=O)N(Cc1cccc(Cl)c1)[C@@H](Cc1ccccc1)C(=O)NC1CCCCC1)c1ccc(C23CC4CC(CC(C4)C2)C3)cc1. The molecular weight excluding hydrogens is 666 g/mol. The molecule has 0 spiro atoms. The number of sulfonamides is 1. The third kappa shape index (κ3) is 7.91. The van der Waals surface area contributed by atoms with Gasteiger partial charge in [-0.05, 0) is 115 Å². The van der Waals surface area contributed by atoms with E-state index in [-0.39, 0.29) is 23.9 Å². The highest BCUT2D eigenvalue weighted by molar-refractivity contribution is 7.92. The maximum atomic E-state index is 14.6. The van der Waals surface area contributed by atoms with Gasteiger partial charge in [0.1, 0.15) is 12.6 Å². The maximum Gasteiger partial charge on any atom is 0.244 e. The fourth-order valence-electron chi connectivity index (χ4n) is 9.99. The molecule has 1 atom stereocenters. The van der Waals surface area contributed by atoms with Crippen molar-refractivity contribution >= 4 is 39.1 Å². The van der Waals surface area contributed by atoms with Crippen LogP contribution in [0.1, 0.15) is 87.3 Å². The summed E-state index contributed by atoms with van der Waals surface area (Å²) in [7, 11) is -3.85. The average Bonchev–Trinajstić information content (AvgIpc) is 3.08. The van der Waals surface area contributed by atoms with Crippen LogP contribution in [0.5, 0.6) is 0 Å². The molecule has 4 bridgehead atoms.